The molecule has 0 fully saturated rings. The van der Waals surface area contributed by atoms with Gasteiger partial charge in [0, 0.05) is 0 Å². The van der Waals surface area contributed by atoms with E-state index in [2.05, 4.69) is 6.07 Å². The second-order valence-corrected chi connectivity index (χ2v) is 3.96. The molecule has 2 aromatic carbocycles. The number of hydrogen-bond donors (Lipinski definition) is 1. The third-order valence-electron chi connectivity index (χ3n) is 2.58. The van der Waals surface area contributed by atoms with Crippen molar-refractivity contribution in [1.29, 1.82) is 5.26 Å². The van der Waals surface area contributed by atoms with Crippen LogP contribution in [0.1, 0.15) is 5.56 Å². The Hall–Kier alpha value is -2.25. The van der Waals surface area contributed by atoms with E-state index < -0.39 is 6.92 Å². The Morgan fingerprint density at radius 3 is 2.50 bits per heavy atom. The van der Waals surface area contributed by atoms with E-state index in [-0.39, 0.29) is 0 Å². The first-order valence-corrected chi connectivity index (χ1v) is 5.65. The summed E-state index contributed by atoms with van der Waals surface area (Å²) in [7, 11) is 0. The summed E-state index contributed by atoms with van der Waals surface area (Å²) in [4.78, 5) is 0. The largest absolute Gasteiger partial charge is 0.456 e. The van der Waals surface area contributed by atoms with Crippen LogP contribution in [0.4, 0.5) is 0 Å². The van der Waals surface area contributed by atoms with Gasteiger partial charge in [-0.15, -0.1) is 0 Å². The molecule has 4 heteroatoms. The summed E-state index contributed by atoms with van der Waals surface area (Å²) in [5, 5.41) is 18.6. The lowest BCUT2D eigenvalue weighted by Gasteiger charge is -2.09. The van der Waals surface area contributed by atoms with Gasteiger partial charge in [-0.2, -0.15) is 5.26 Å². The summed E-state index contributed by atoms with van der Waals surface area (Å²) < 4.78 is 5.63. The van der Waals surface area contributed by atoms with Crippen molar-refractivity contribution in [3.63, 3.8) is 0 Å². The van der Waals surface area contributed by atoms with Gasteiger partial charge < -0.3 is 9.76 Å². The predicted molar refractivity (Wildman–Crippen MR) is 71.1 cm³/mol. The maximum absolute atomic E-state index is 9.47. The standard InChI is InChI=1S/C14H12BNO2/c1-15(17)12-7-8-14(11(9-12)10-16)18-13-5-3-2-4-6-13/h2-9,17H,1H3. The molecule has 0 saturated carbocycles. The molecule has 0 saturated heterocycles. The average Bonchev–Trinajstić information content (AvgIpc) is 2.40. The molecule has 0 aliphatic carbocycles. The van der Waals surface area contributed by atoms with Gasteiger partial charge in [0.15, 0.2) is 0 Å². The summed E-state index contributed by atoms with van der Waals surface area (Å²) in [5.41, 5.74) is 1.12. The van der Waals surface area contributed by atoms with E-state index in [9.17, 15) is 5.02 Å². The van der Waals surface area contributed by atoms with Gasteiger partial charge in [0.1, 0.15) is 17.6 Å². The number of ether oxygens (including phenoxy) is 1. The quantitative estimate of drug-likeness (QED) is 0.832. The highest BCUT2D eigenvalue weighted by molar-refractivity contribution is 6.64. The summed E-state index contributed by atoms with van der Waals surface area (Å²) >= 11 is 0. The van der Waals surface area contributed by atoms with Gasteiger partial charge in [-0.25, -0.2) is 0 Å². The maximum atomic E-state index is 9.47. The van der Waals surface area contributed by atoms with Crippen LogP contribution in [0.15, 0.2) is 48.5 Å². The first-order valence-electron chi connectivity index (χ1n) is 5.65. The van der Waals surface area contributed by atoms with Gasteiger partial charge in [0.25, 0.3) is 0 Å². The van der Waals surface area contributed by atoms with Crippen molar-refractivity contribution >= 4 is 12.4 Å². The summed E-state index contributed by atoms with van der Waals surface area (Å²) in [6.45, 7) is 1.07. The minimum Gasteiger partial charge on any atom is -0.456 e. The van der Waals surface area contributed by atoms with Crippen molar-refractivity contribution in [2.75, 3.05) is 0 Å². The van der Waals surface area contributed by atoms with Crippen LogP contribution < -0.4 is 10.2 Å². The highest BCUT2D eigenvalue weighted by Gasteiger charge is 2.11. The van der Waals surface area contributed by atoms with Gasteiger partial charge in [0.2, 0.25) is 0 Å². The minimum atomic E-state index is -0.595. The van der Waals surface area contributed by atoms with Crippen LogP contribution >= 0.6 is 0 Å². The maximum Gasteiger partial charge on any atom is 0.320 e. The van der Waals surface area contributed by atoms with Crippen molar-refractivity contribution in [3.05, 3.63) is 54.1 Å². The van der Waals surface area contributed by atoms with Crippen molar-refractivity contribution in [1.82, 2.24) is 0 Å². The molecule has 0 amide bonds. The molecule has 0 atom stereocenters. The van der Waals surface area contributed by atoms with Gasteiger partial charge in [-0.1, -0.05) is 31.1 Å². The summed E-state index contributed by atoms with van der Waals surface area (Å²) in [6.07, 6.45) is 0. The number of benzene rings is 2. The second-order valence-electron chi connectivity index (χ2n) is 3.96. The van der Waals surface area contributed by atoms with E-state index >= 15 is 0 Å². The fourth-order valence-electron chi connectivity index (χ4n) is 1.60. The number of para-hydroxylation sites is 1. The predicted octanol–water partition coefficient (Wildman–Crippen LogP) is 2.17. The molecule has 1 N–H and O–H groups in total. The van der Waals surface area contributed by atoms with Crippen LogP contribution in [0, 0.1) is 11.3 Å². The molecule has 2 rings (SSSR count). The Labute approximate surface area is 106 Å². The summed E-state index contributed by atoms with van der Waals surface area (Å²) in [5.74, 6) is 1.17. The highest BCUT2D eigenvalue weighted by atomic mass is 16.5. The molecule has 0 heterocycles. The van der Waals surface area contributed by atoms with Gasteiger partial charge >= 0.3 is 6.92 Å². The second kappa shape index (κ2) is 5.39. The minimum absolute atomic E-state index is 0.414. The number of hydrogen-bond acceptors (Lipinski definition) is 3. The zero-order valence-corrected chi connectivity index (χ0v) is 10.00. The Morgan fingerprint density at radius 1 is 1.17 bits per heavy atom. The number of nitrogens with zero attached hydrogens (tertiary/aromatic N) is 1. The smallest absolute Gasteiger partial charge is 0.320 e. The average molecular weight is 237 g/mol. The third kappa shape index (κ3) is 2.71. The molecule has 2 aromatic rings. The van der Waals surface area contributed by atoms with Crippen LogP contribution in [0.2, 0.25) is 6.82 Å². The summed E-state index contributed by atoms with van der Waals surface area (Å²) in [6, 6.07) is 16.4. The number of nitriles is 1. The van der Waals surface area contributed by atoms with Crippen molar-refractivity contribution in [3.8, 4) is 17.6 Å². The monoisotopic (exact) mass is 237 g/mol. The highest BCUT2D eigenvalue weighted by Crippen LogP contribution is 2.23. The van der Waals surface area contributed by atoms with E-state index in [0.29, 0.717) is 22.5 Å². The fraction of sp³-hybridized carbons (Fsp3) is 0.0714. The zero-order valence-electron chi connectivity index (χ0n) is 10.00. The van der Waals surface area contributed by atoms with Crippen molar-refractivity contribution in [2.24, 2.45) is 0 Å². The van der Waals surface area contributed by atoms with E-state index in [4.69, 9.17) is 10.00 Å². The molecule has 0 aromatic heterocycles. The van der Waals surface area contributed by atoms with Crippen LogP contribution in [-0.4, -0.2) is 11.9 Å². The van der Waals surface area contributed by atoms with E-state index in [1.807, 2.05) is 30.3 Å². The zero-order chi connectivity index (χ0) is 13.0. The molecule has 0 radical (unpaired) electrons. The van der Waals surface area contributed by atoms with Crippen molar-refractivity contribution < 1.29 is 9.76 Å². The van der Waals surface area contributed by atoms with Crippen LogP contribution in [-0.2, 0) is 0 Å². The topological polar surface area (TPSA) is 53.2 Å². The number of rotatable bonds is 3. The molecule has 0 aliphatic heterocycles. The van der Waals surface area contributed by atoms with Gasteiger partial charge in [-0.3, -0.25) is 0 Å². The molecule has 0 unspecified atom stereocenters. The SMILES string of the molecule is CB(O)c1ccc(Oc2ccccc2)c(C#N)c1. The third-order valence-corrected chi connectivity index (χ3v) is 2.58. The van der Waals surface area contributed by atoms with Crippen LogP contribution in [0.3, 0.4) is 0 Å². The Bertz CT molecular complexity index is 576. The Morgan fingerprint density at radius 2 is 1.89 bits per heavy atom. The first-order chi connectivity index (χ1) is 8.70. The Balaban J connectivity index is 2.32. The molecule has 0 bridgehead atoms. The molecule has 0 aliphatic rings. The van der Waals surface area contributed by atoms with E-state index in [0.717, 1.165) is 0 Å². The van der Waals surface area contributed by atoms with Crippen LogP contribution in [0.5, 0.6) is 11.5 Å². The van der Waals surface area contributed by atoms with E-state index in [1.54, 1.807) is 25.0 Å². The molecule has 88 valence electrons. The Kier molecular flexibility index (Phi) is 3.66. The normalized spacial score (nSPS) is 9.61. The first kappa shape index (κ1) is 12.2. The van der Waals surface area contributed by atoms with Gasteiger partial charge in [-0.05, 0) is 29.7 Å². The van der Waals surface area contributed by atoms with Crippen LogP contribution in [0.25, 0.3) is 0 Å². The lowest BCUT2D eigenvalue weighted by Crippen LogP contribution is -2.26. The van der Waals surface area contributed by atoms with E-state index in [1.165, 1.54) is 0 Å². The lowest BCUT2D eigenvalue weighted by molar-refractivity contribution is 0.481. The van der Waals surface area contributed by atoms with Crippen molar-refractivity contribution in [2.45, 2.75) is 6.82 Å². The molecular weight excluding hydrogens is 225 g/mol. The molecule has 3 nitrogen and oxygen atoms in total. The molecule has 18 heavy (non-hydrogen) atoms. The van der Waals surface area contributed by atoms with Gasteiger partial charge in [0.05, 0.1) is 5.56 Å². The molecule has 0 spiro atoms. The lowest BCUT2D eigenvalue weighted by atomic mass is 9.64. The molecular formula is C14H12BNO2. The fourth-order valence-corrected chi connectivity index (χ4v) is 1.60.